The number of aromatic hydroxyl groups is 1. The molecule has 0 bridgehead atoms. The Labute approximate surface area is 160 Å². The van der Waals surface area contributed by atoms with Crippen molar-refractivity contribution >= 4 is 21.1 Å². The molecule has 28 heavy (non-hydrogen) atoms. The van der Waals surface area contributed by atoms with E-state index in [2.05, 4.69) is 0 Å². The first-order valence-electron chi connectivity index (χ1n) is 8.31. The van der Waals surface area contributed by atoms with E-state index in [0.717, 1.165) is 12.3 Å². The van der Waals surface area contributed by atoms with Crippen LogP contribution in [0.3, 0.4) is 0 Å². The maximum atomic E-state index is 13.0. The van der Waals surface area contributed by atoms with Crippen molar-refractivity contribution in [2.75, 3.05) is 6.61 Å². The monoisotopic (exact) mass is 406 g/mol. The van der Waals surface area contributed by atoms with Crippen molar-refractivity contribution in [3.05, 3.63) is 51.9 Å². The summed E-state index contributed by atoms with van der Waals surface area (Å²) in [5, 5.41) is 19.7. The number of aliphatic hydroxyl groups is 1. The molecule has 0 radical (unpaired) electrons. The molecule has 2 aromatic carbocycles. The number of ether oxygens (including phenoxy) is 1. The molecule has 1 aromatic heterocycles. The summed E-state index contributed by atoms with van der Waals surface area (Å²) in [5.74, 6) is -0.450. The van der Waals surface area contributed by atoms with E-state index >= 15 is 0 Å². The molecule has 3 aromatic rings. The van der Waals surface area contributed by atoms with Crippen molar-refractivity contribution in [3.63, 3.8) is 0 Å². The second-order valence-corrected chi connectivity index (χ2v) is 7.49. The largest absolute Gasteiger partial charge is 0.507 e. The van der Waals surface area contributed by atoms with Crippen LogP contribution in [0.15, 0.2) is 44.6 Å². The average Bonchev–Trinajstić information content (AvgIpc) is 2.62. The van der Waals surface area contributed by atoms with Crippen LogP contribution in [-0.4, -0.2) is 29.8 Å². The molecule has 148 valence electrons. The molecule has 0 saturated carbocycles. The molecule has 0 amide bonds. The molecule has 8 nitrogen and oxygen atoms in total. The Morgan fingerprint density at radius 1 is 1.21 bits per heavy atom. The third kappa shape index (κ3) is 3.35. The van der Waals surface area contributed by atoms with Crippen molar-refractivity contribution in [1.29, 1.82) is 0 Å². The minimum absolute atomic E-state index is 0.0245. The third-order valence-electron chi connectivity index (χ3n) is 4.36. The summed E-state index contributed by atoms with van der Waals surface area (Å²) >= 11 is 0. The summed E-state index contributed by atoms with van der Waals surface area (Å²) in [7, 11) is -4.61. The number of hydrogen-bond acceptors (Lipinski definition) is 7. The SMILES string of the molecule is CCOc1ccc(-c2coc3cc(C)c(CO)c(O)c3c2=O)cc1S(=O)(=O)O. The molecule has 3 rings (SSSR count). The van der Waals surface area contributed by atoms with Gasteiger partial charge in [0.25, 0.3) is 10.1 Å². The number of fused-ring (bicyclic) bond motifs is 1. The molecule has 0 aliphatic rings. The second-order valence-electron chi connectivity index (χ2n) is 6.10. The fraction of sp³-hybridized carbons (Fsp3) is 0.211. The highest BCUT2D eigenvalue weighted by Crippen LogP contribution is 2.33. The zero-order valence-corrected chi connectivity index (χ0v) is 15.9. The number of aryl methyl sites for hydroxylation is 1. The summed E-state index contributed by atoms with van der Waals surface area (Å²) in [6.45, 7) is 3.02. The van der Waals surface area contributed by atoms with E-state index in [1.54, 1.807) is 13.8 Å². The minimum Gasteiger partial charge on any atom is -0.507 e. The Hall–Kier alpha value is -2.88. The average molecular weight is 406 g/mol. The molecule has 0 fully saturated rings. The van der Waals surface area contributed by atoms with Gasteiger partial charge < -0.3 is 19.4 Å². The quantitative estimate of drug-likeness (QED) is 0.551. The van der Waals surface area contributed by atoms with Crippen molar-refractivity contribution in [2.45, 2.75) is 25.3 Å². The van der Waals surface area contributed by atoms with Crippen molar-refractivity contribution in [1.82, 2.24) is 0 Å². The summed E-state index contributed by atoms with van der Waals surface area (Å²) in [6, 6.07) is 5.37. The molecule has 3 N–H and O–H groups in total. The molecule has 0 atom stereocenters. The lowest BCUT2D eigenvalue weighted by molar-refractivity contribution is 0.275. The maximum Gasteiger partial charge on any atom is 0.298 e. The van der Waals surface area contributed by atoms with E-state index in [-0.39, 0.29) is 40.0 Å². The Balaban J connectivity index is 2.30. The molecule has 0 unspecified atom stereocenters. The van der Waals surface area contributed by atoms with Crippen LogP contribution < -0.4 is 10.2 Å². The molecule has 0 spiro atoms. The second kappa shape index (κ2) is 7.27. The maximum absolute atomic E-state index is 13.0. The smallest absolute Gasteiger partial charge is 0.298 e. The van der Waals surface area contributed by atoms with E-state index < -0.39 is 32.8 Å². The molecule has 0 aliphatic heterocycles. The van der Waals surface area contributed by atoms with Gasteiger partial charge in [-0.15, -0.1) is 0 Å². The van der Waals surface area contributed by atoms with Crippen LogP contribution in [0.4, 0.5) is 0 Å². The van der Waals surface area contributed by atoms with Crippen LogP contribution in [0, 0.1) is 6.92 Å². The van der Waals surface area contributed by atoms with Gasteiger partial charge >= 0.3 is 0 Å². The van der Waals surface area contributed by atoms with Crippen LogP contribution >= 0.6 is 0 Å². The molecule has 0 saturated heterocycles. The first kappa shape index (κ1) is 19.9. The van der Waals surface area contributed by atoms with Gasteiger partial charge in [0.1, 0.15) is 33.6 Å². The number of rotatable bonds is 5. The standard InChI is InChI=1S/C19H18O8S/c1-3-26-14-5-4-11(7-16(14)28(23,24)25)13-9-27-15-6-10(2)12(8-20)18(21)17(15)19(13)22/h4-7,9,20-21H,3,8H2,1-2H3,(H,23,24,25). The van der Waals surface area contributed by atoms with Gasteiger partial charge in [0.05, 0.1) is 18.8 Å². The Kier molecular flexibility index (Phi) is 5.16. The van der Waals surface area contributed by atoms with Gasteiger partial charge in [-0.25, -0.2) is 0 Å². The first-order valence-corrected chi connectivity index (χ1v) is 9.75. The highest BCUT2D eigenvalue weighted by molar-refractivity contribution is 7.86. The highest BCUT2D eigenvalue weighted by Gasteiger charge is 2.21. The van der Waals surface area contributed by atoms with Crippen molar-refractivity contribution in [2.24, 2.45) is 0 Å². The first-order chi connectivity index (χ1) is 13.2. The fourth-order valence-electron chi connectivity index (χ4n) is 2.98. The number of benzene rings is 2. The van der Waals surface area contributed by atoms with E-state index in [1.807, 2.05) is 0 Å². The summed E-state index contributed by atoms with van der Waals surface area (Å²) in [6.07, 6.45) is 1.14. The van der Waals surface area contributed by atoms with Crippen LogP contribution in [0.25, 0.3) is 22.1 Å². The number of hydrogen-bond donors (Lipinski definition) is 3. The number of phenols is 1. The van der Waals surface area contributed by atoms with Crippen LogP contribution in [0.5, 0.6) is 11.5 Å². The summed E-state index contributed by atoms with van der Waals surface area (Å²) in [5.41, 5.74) is 0.391. The summed E-state index contributed by atoms with van der Waals surface area (Å²) in [4.78, 5) is 12.5. The molecule has 9 heteroatoms. The van der Waals surface area contributed by atoms with Crippen LogP contribution in [-0.2, 0) is 16.7 Å². The van der Waals surface area contributed by atoms with Gasteiger partial charge in [-0.1, -0.05) is 6.07 Å². The van der Waals surface area contributed by atoms with Crippen molar-refractivity contribution < 1.29 is 32.3 Å². The van der Waals surface area contributed by atoms with Gasteiger partial charge in [-0.2, -0.15) is 8.42 Å². The molecular formula is C19H18O8S. The Morgan fingerprint density at radius 3 is 2.54 bits per heavy atom. The lowest BCUT2D eigenvalue weighted by Gasteiger charge is -2.12. The molecular weight excluding hydrogens is 388 g/mol. The fourth-order valence-corrected chi connectivity index (χ4v) is 3.64. The van der Waals surface area contributed by atoms with Crippen molar-refractivity contribution in [3.8, 4) is 22.6 Å². The Morgan fingerprint density at radius 2 is 1.93 bits per heavy atom. The van der Waals surface area contributed by atoms with Crippen LogP contribution in [0.2, 0.25) is 0 Å². The van der Waals surface area contributed by atoms with E-state index in [1.165, 1.54) is 18.2 Å². The van der Waals surface area contributed by atoms with E-state index in [9.17, 15) is 28.0 Å². The summed E-state index contributed by atoms with van der Waals surface area (Å²) < 4.78 is 43.5. The van der Waals surface area contributed by atoms with Gasteiger partial charge in [0.2, 0.25) is 5.43 Å². The van der Waals surface area contributed by atoms with Gasteiger partial charge in [-0.05, 0) is 43.2 Å². The molecule has 0 aliphatic carbocycles. The third-order valence-corrected chi connectivity index (χ3v) is 5.23. The predicted molar refractivity (Wildman–Crippen MR) is 101 cm³/mol. The zero-order valence-electron chi connectivity index (χ0n) is 15.1. The normalized spacial score (nSPS) is 11.7. The van der Waals surface area contributed by atoms with Gasteiger partial charge in [0.15, 0.2) is 0 Å². The van der Waals surface area contributed by atoms with E-state index in [4.69, 9.17) is 9.15 Å². The minimum atomic E-state index is -4.61. The lowest BCUT2D eigenvalue weighted by Crippen LogP contribution is -2.08. The van der Waals surface area contributed by atoms with E-state index in [0.29, 0.717) is 5.56 Å². The van der Waals surface area contributed by atoms with Gasteiger partial charge in [-0.3, -0.25) is 9.35 Å². The topological polar surface area (TPSA) is 134 Å². The zero-order chi connectivity index (χ0) is 20.6. The predicted octanol–water partition coefficient (Wildman–Crippen LogP) is 2.61. The lowest BCUT2D eigenvalue weighted by atomic mass is 10.0. The highest BCUT2D eigenvalue weighted by atomic mass is 32.2. The van der Waals surface area contributed by atoms with Crippen LogP contribution in [0.1, 0.15) is 18.1 Å². The molecule has 1 heterocycles. The number of aliphatic hydroxyl groups excluding tert-OH is 1. The van der Waals surface area contributed by atoms with Gasteiger partial charge in [0, 0.05) is 5.56 Å². The Bertz CT molecular complexity index is 1220.